The topological polar surface area (TPSA) is 43.4 Å². The van der Waals surface area contributed by atoms with Crippen LogP contribution in [0.4, 0.5) is 0 Å². The molecule has 2 aliphatic carbocycles. The zero-order valence-corrected chi connectivity index (χ0v) is 16.2. The van der Waals surface area contributed by atoms with Crippen molar-refractivity contribution in [3.05, 3.63) is 30.3 Å². The molecule has 2 saturated carbocycles. The molecular formula is C18H28O3SSi. The fourth-order valence-corrected chi connectivity index (χ4v) is 7.62. The van der Waals surface area contributed by atoms with Crippen molar-refractivity contribution in [2.24, 2.45) is 5.41 Å². The molecule has 2 fully saturated rings. The smallest absolute Gasteiger partial charge is 0.184 e. The van der Waals surface area contributed by atoms with Gasteiger partial charge >= 0.3 is 0 Å². The van der Waals surface area contributed by atoms with Gasteiger partial charge in [-0.25, -0.2) is 8.42 Å². The zero-order chi connectivity index (χ0) is 16.7. The maximum Gasteiger partial charge on any atom is 0.184 e. The summed E-state index contributed by atoms with van der Waals surface area (Å²) in [5.41, 5.74) is 0.116. The van der Waals surface area contributed by atoms with Crippen molar-refractivity contribution in [1.82, 2.24) is 0 Å². The van der Waals surface area contributed by atoms with Crippen LogP contribution in [0.5, 0.6) is 0 Å². The molecule has 23 heavy (non-hydrogen) atoms. The van der Waals surface area contributed by atoms with Crippen molar-refractivity contribution in [3.8, 4) is 0 Å². The van der Waals surface area contributed by atoms with Gasteiger partial charge in [-0.05, 0) is 56.5 Å². The highest BCUT2D eigenvalue weighted by atomic mass is 32.2. The largest absolute Gasteiger partial charge is 0.413 e. The van der Waals surface area contributed by atoms with Gasteiger partial charge in [0.1, 0.15) is 0 Å². The Balaban J connectivity index is 1.90. The Hall–Kier alpha value is -0.653. The molecule has 0 radical (unpaired) electrons. The van der Waals surface area contributed by atoms with E-state index in [1.165, 1.54) is 19.3 Å². The summed E-state index contributed by atoms with van der Waals surface area (Å²) < 4.78 is 32.6. The van der Waals surface area contributed by atoms with Crippen LogP contribution >= 0.6 is 0 Å². The Morgan fingerprint density at radius 1 is 1.04 bits per heavy atom. The van der Waals surface area contributed by atoms with Gasteiger partial charge in [-0.1, -0.05) is 37.5 Å². The van der Waals surface area contributed by atoms with E-state index in [9.17, 15) is 8.42 Å². The third-order valence-electron chi connectivity index (χ3n) is 5.35. The van der Waals surface area contributed by atoms with E-state index >= 15 is 0 Å². The lowest BCUT2D eigenvalue weighted by atomic mass is 9.58. The third kappa shape index (κ3) is 3.28. The first-order valence-corrected chi connectivity index (χ1v) is 13.7. The van der Waals surface area contributed by atoms with Crippen molar-refractivity contribution in [2.75, 3.05) is 0 Å². The van der Waals surface area contributed by atoms with Gasteiger partial charge in [-0.2, -0.15) is 0 Å². The van der Waals surface area contributed by atoms with E-state index in [-0.39, 0.29) is 16.8 Å². The first kappa shape index (κ1) is 17.2. The Morgan fingerprint density at radius 3 is 2.22 bits per heavy atom. The Bertz CT molecular complexity index is 643. The van der Waals surface area contributed by atoms with E-state index in [2.05, 4.69) is 19.6 Å². The molecule has 2 aliphatic rings. The first-order chi connectivity index (χ1) is 10.7. The molecule has 0 aromatic heterocycles. The predicted molar refractivity (Wildman–Crippen MR) is 95.8 cm³/mol. The summed E-state index contributed by atoms with van der Waals surface area (Å²) in [7, 11) is -5.09. The van der Waals surface area contributed by atoms with Crippen LogP contribution in [0, 0.1) is 5.41 Å². The lowest BCUT2D eigenvalue weighted by Crippen LogP contribution is -2.63. The number of rotatable bonds is 4. The molecular weight excluding hydrogens is 324 g/mol. The van der Waals surface area contributed by atoms with Crippen LogP contribution in [0.3, 0.4) is 0 Å². The summed E-state index contributed by atoms with van der Waals surface area (Å²) in [6.45, 7) is 6.48. The van der Waals surface area contributed by atoms with Gasteiger partial charge in [0, 0.05) is 0 Å². The Kier molecular flexibility index (Phi) is 4.49. The first-order valence-electron chi connectivity index (χ1n) is 8.71. The van der Waals surface area contributed by atoms with Crippen molar-refractivity contribution < 1.29 is 12.8 Å². The van der Waals surface area contributed by atoms with Crippen LogP contribution in [0.2, 0.25) is 19.6 Å². The molecule has 0 heterocycles. The molecule has 1 spiro atoms. The van der Waals surface area contributed by atoms with Crippen LogP contribution in [0.25, 0.3) is 0 Å². The average molecular weight is 353 g/mol. The zero-order valence-electron chi connectivity index (χ0n) is 14.4. The molecule has 0 aliphatic heterocycles. The number of hydrogen-bond donors (Lipinski definition) is 0. The van der Waals surface area contributed by atoms with E-state index in [1.807, 2.05) is 6.07 Å². The molecule has 0 amide bonds. The lowest BCUT2D eigenvalue weighted by molar-refractivity contribution is -0.0705. The van der Waals surface area contributed by atoms with Gasteiger partial charge in [0.25, 0.3) is 0 Å². The van der Waals surface area contributed by atoms with Crippen molar-refractivity contribution in [1.29, 1.82) is 0 Å². The van der Waals surface area contributed by atoms with Gasteiger partial charge in [0.15, 0.2) is 18.2 Å². The molecule has 3 nitrogen and oxygen atoms in total. The highest BCUT2D eigenvalue weighted by Crippen LogP contribution is 2.56. The summed E-state index contributed by atoms with van der Waals surface area (Å²) in [5.74, 6) is 0. The maximum atomic E-state index is 13.1. The Morgan fingerprint density at radius 2 is 1.65 bits per heavy atom. The SMILES string of the molecule is C[Si](C)(C)O[C@H]1[C@@H](S(=O)(=O)c2ccccc2)CC12CCCCC2. The number of benzene rings is 1. The van der Waals surface area contributed by atoms with E-state index in [0.717, 1.165) is 19.3 Å². The molecule has 5 heteroatoms. The van der Waals surface area contributed by atoms with Crippen molar-refractivity contribution in [3.63, 3.8) is 0 Å². The standard InChI is InChI=1S/C18H28O3SSi/c1-23(2,3)21-17-16(14-18(17)12-8-5-9-13-18)22(19,20)15-10-6-4-7-11-15/h4,6-7,10-11,16-17H,5,8-9,12-14H2,1-3H3/t16-,17-/m0/s1. The van der Waals surface area contributed by atoms with E-state index < -0.39 is 18.2 Å². The Labute approximate surface area is 141 Å². The summed E-state index contributed by atoms with van der Waals surface area (Å²) in [4.78, 5) is 0.444. The van der Waals surface area contributed by atoms with Crippen molar-refractivity contribution in [2.45, 2.75) is 74.4 Å². The van der Waals surface area contributed by atoms with Gasteiger partial charge in [-0.3, -0.25) is 0 Å². The minimum absolute atomic E-state index is 0.111. The second kappa shape index (κ2) is 6.01. The molecule has 0 bridgehead atoms. The van der Waals surface area contributed by atoms with Gasteiger partial charge in [-0.15, -0.1) is 0 Å². The number of sulfone groups is 1. The number of hydrogen-bond acceptors (Lipinski definition) is 3. The molecule has 0 N–H and O–H groups in total. The van der Waals surface area contributed by atoms with Crippen LogP contribution in [-0.4, -0.2) is 28.1 Å². The average Bonchev–Trinajstić information content (AvgIpc) is 2.52. The summed E-state index contributed by atoms with van der Waals surface area (Å²) >= 11 is 0. The summed E-state index contributed by atoms with van der Waals surface area (Å²) in [5, 5.41) is -0.366. The van der Waals surface area contributed by atoms with Crippen LogP contribution in [0.15, 0.2) is 35.2 Å². The quantitative estimate of drug-likeness (QED) is 0.754. The molecule has 1 aromatic carbocycles. The fourth-order valence-electron chi connectivity index (χ4n) is 4.24. The van der Waals surface area contributed by atoms with Crippen LogP contribution in [-0.2, 0) is 14.3 Å². The van der Waals surface area contributed by atoms with Crippen molar-refractivity contribution >= 4 is 18.2 Å². The maximum absolute atomic E-state index is 13.1. The van der Waals surface area contributed by atoms with E-state index in [0.29, 0.717) is 4.90 Å². The molecule has 1 aromatic rings. The lowest BCUT2D eigenvalue weighted by Gasteiger charge is -2.57. The molecule has 3 rings (SSSR count). The second-order valence-corrected chi connectivity index (χ2v) is 14.8. The highest BCUT2D eigenvalue weighted by molar-refractivity contribution is 7.92. The van der Waals surface area contributed by atoms with E-state index in [4.69, 9.17) is 4.43 Å². The normalized spacial score (nSPS) is 27.6. The van der Waals surface area contributed by atoms with Gasteiger partial charge in [0.2, 0.25) is 0 Å². The molecule has 2 atom stereocenters. The van der Waals surface area contributed by atoms with Gasteiger partial charge in [0.05, 0.1) is 16.2 Å². The predicted octanol–water partition coefficient (Wildman–Crippen LogP) is 4.40. The van der Waals surface area contributed by atoms with Crippen LogP contribution < -0.4 is 0 Å². The monoisotopic (exact) mass is 352 g/mol. The second-order valence-electron chi connectivity index (χ2n) is 8.17. The molecule has 0 saturated heterocycles. The fraction of sp³-hybridized carbons (Fsp3) is 0.667. The minimum atomic E-state index is -3.30. The van der Waals surface area contributed by atoms with Gasteiger partial charge < -0.3 is 4.43 Å². The van der Waals surface area contributed by atoms with E-state index in [1.54, 1.807) is 24.3 Å². The minimum Gasteiger partial charge on any atom is -0.413 e. The third-order valence-corrected chi connectivity index (χ3v) is 8.45. The van der Waals surface area contributed by atoms with Crippen LogP contribution in [0.1, 0.15) is 38.5 Å². The highest BCUT2D eigenvalue weighted by Gasteiger charge is 2.60. The molecule has 0 unspecified atom stereocenters. The summed E-state index contributed by atoms with van der Waals surface area (Å²) in [6, 6.07) is 8.89. The summed E-state index contributed by atoms with van der Waals surface area (Å²) in [6.07, 6.45) is 6.62. The molecule has 128 valence electrons.